The summed E-state index contributed by atoms with van der Waals surface area (Å²) in [6.07, 6.45) is 0. The van der Waals surface area contributed by atoms with Crippen LogP contribution in [0, 0.1) is 0 Å². The van der Waals surface area contributed by atoms with E-state index in [9.17, 15) is 0 Å². The molecule has 0 fully saturated rings. The van der Waals surface area contributed by atoms with Crippen LogP contribution in [0.15, 0.2) is 124 Å². The van der Waals surface area contributed by atoms with E-state index in [1.54, 1.807) is 0 Å². The Morgan fingerprint density at radius 1 is 0.556 bits per heavy atom. The molecule has 4 heteroatoms. The first-order valence-corrected chi connectivity index (χ1v) is 12.6. The Labute approximate surface area is 216 Å². The summed E-state index contributed by atoms with van der Waals surface area (Å²) in [6.45, 7) is 0. The van der Waals surface area contributed by atoms with Crippen LogP contribution in [0.4, 0.5) is 0 Å². The Kier molecular flexibility index (Phi) is 4.93. The fraction of sp³-hybridized carbons (Fsp3) is 0. The van der Waals surface area contributed by atoms with Gasteiger partial charge < -0.3 is 4.42 Å². The van der Waals surface area contributed by atoms with Crippen LogP contribution in [0.2, 0.25) is 0 Å². The number of para-hydroxylation sites is 1. The van der Waals surface area contributed by atoms with E-state index in [0.29, 0.717) is 5.71 Å². The number of rotatable bonds is 3. The van der Waals surface area contributed by atoms with Crippen molar-refractivity contribution in [2.75, 3.05) is 0 Å². The molecule has 0 saturated carbocycles. The van der Waals surface area contributed by atoms with Crippen molar-refractivity contribution in [2.24, 2.45) is 0 Å². The molecule has 2 aromatic heterocycles. The largest absolute Gasteiger partial charge is 0.436 e. The highest BCUT2D eigenvalue weighted by molar-refractivity contribution is 9.10. The zero-order chi connectivity index (χ0) is 24.1. The van der Waals surface area contributed by atoms with Crippen molar-refractivity contribution in [3.63, 3.8) is 0 Å². The maximum atomic E-state index is 6.18. The predicted molar refractivity (Wildman–Crippen MR) is 151 cm³/mol. The summed E-state index contributed by atoms with van der Waals surface area (Å²) in [5, 5.41) is 3.27. The third kappa shape index (κ3) is 3.42. The molecule has 0 aliphatic rings. The average molecular weight is 527 g/mol. The van der Waals surface area contributed by atoms with Crippen molar-refractivity contribution < 1.29 is 4.42 Å². The SMILES string of the molecule is Brc1ccc(-c2nc3oc4ccccc4c3nc2-c2cccc3ccccc23)c(-c2ccccc2)c1. The van der Waals surface area contributed by atoms with Gasteiger partial charge in [0.2, 0.25) is 5.71 Å². The summed E-state index contributed by atoms with van der Waals surface area (Å²) in [5.41, 5.74) is 7.97. The summed E-state index contributed by atoms with van der Waals surface area (Å²) in [5.74, 6) is 0. The Hall–Kier alpha value is -4.28. The molecule has 170 valence electrons. The van der Waals surface area contributed by atoms with Gasteiger partial charge in [-0.2, -0.15) is 0 Å². The molecule has 3 nitrogen and oxygen atoms in total. The van der Waals surface area contributed by atoms with E-state index in [1.165, 1.54) is 5.39 Å². The molecule has 36 heavy (non-hydrogen) atoms. The molecule has 0 N–H and O–H groups in total. The highest BCUT2D eigenvalue weighted by Crippen LogP contribution is 2.41. The van der Waals surface area contributed by atoms with Crippen LogP contribution in [0.25, 0.3) is 66.6 Å². The number of aromatic nitrogens is 2. The number of halogens is 1. The smallest absolute Gasteiger partial charge is 0.246 e. The number of fused-ring (bicyclic) bond motifs is 4. The van der Waals surface area contributed by atoms with Crippen LogP contribution in [0.5, 0.6) is 0 Å². The van der Waals surface area contributed by atoms with Crippen molar-refractivity contribution in [3.05, 3.63) is 120 Å². The Morgan fingerprint density at radius 2 is 1.28 bits per heavy atom. The van der Waals surface area contributed by atoms with Gasteiger partial charge in [-0.3, -0.25) is 0 Å². The third-order valence-corrected chi connectivity index (χ3v) is 7.07. The molecule has 0 saturated heterocycles. The topological polar surface area (TPSA) is 38.9 Å². The van der Waals surface area contributed by atoms with Crippen LogP contribution in [-0.2, 0) is 0 Å². The van der Waals surface area contributed by atoms with Gasteiger partial charge in [0.25, 0.3) is 0 Å². The lowest BCUT2D eigenvalue weighted by Crippen LogP contribution is -1.97. The van der Waals surface area contributed by atoms with Crippen LogP contribution >= 0.6 is 15.9 Å². The molecule has 0 aliphatic carbocycles. The highest BCUT2D eigenvalue weighted by atomic mass is 79.9. The number of hydrogen-bond acceptors (Lipinski definition) is 3. The van der Waals surface area contributed by atoms with Gasteiger partial charge in [-0.25, -0.2) is 9.97 Å². The molecule has 0 radical (unpaired) electrons. The number of benzene rings is 5. The van der Waals surface area contributed by atoms with Crippen LogP contribution in [0.1, 0.15) is 0 Å². The normalized spacial score (nSPS) is 11.5. The standard InChI is InChI=1S/C32H19BrN2O/c33-22-17-18-25(27(19-22)21-9-2-1-3-10-21)30-29(24-15-8-12-20-11-4-5-13-23(20)24)34-31-26-14-6-7-16-28(26)36-32(31)35-30/h1-19H. The van der Waals surface area contributed by atoms with Crippen molar-refractivity contribution in [1.82, 2.24) is 9.97 Å². The monoisotopic (exact) mass is 526 g/mol. The first-order valence-electron chi connectivity index (χ1n) is 11.8. The lowest BCUT2D eigenvalue weighted by Gasteiger charge is -2.15. The number of furan rings is 1. The Balaban J connectivity index is 1.61. The van der Waals surface area contributed by atoms with Crippen LogP contribution < -0.4 is 0 Å². The first-order chi connectivity index (χ1) is 17.8. The zero-order valence-electron chi connectivity index (χ0n) is 19.2. The molecule has 0 atom stereocenters. The molecule has 7 aromatic rings. The minimum Gasteiger partial charge on any atom is -0.436 e. The van der Waals surface area contributed by atoms with E-state index in [1.807, 2.05) is 30.3 Å². The molecule has 0 spiro atoms. The fourth-order valence-electron chi connectivity index (χ4n) is 4.91. The summed E-state index contributed by atoms with van der Waals surface area (Å²) in [7, 11) is 0. The zero-order valence-corrected chi connectivity index (χ0v) is 20.7. The van der Waals surface area contributed by atoms with Gasteiger partial charge in [-0.15, -0.1) is 0 Å². The van der Waals surface area contributed by atoms with Crippen molar-refractivity contribution in [1.29, 1.82) is 0 Å². The second-order valence-corrected chi connectivity index (χ2v) is 9.67. The minimum absolute atomic E-state index is 0.539. The van der Waals surface area contributed by atoms with Gasteiger partial charge in [0, 0.05) is 21.0 Å². The Morgan fingerprint density at radius 3 is 2.17 bits per heavy atom. The van der Waals surface area contributed by atoms with Gasteiger partial charge >= 0.3 is 0 Å². The van der Waals surface area contributed by atoms with Gasteiger partial charge in [0.15, 0.2) is 0 Å². The van der Waals surface area contributed by atoms with Crippen molar-refractivity contribution >= 4 is 48.9 Å². The van der Waals surface area contributed by atoms with Gasteiger partial charge in [-0.05, 0) is 46.2 Å². The third-order valence-electron chi connectivity index (χ3n) is 6.58. The summed E-state index contributed by atoms with van der Waals surface area (Å²) >= 11 is 3.67. The van der Waals surface area contributed by atoms with Gasteiger partial charge in [0.05, 0.1) is 5.69 Å². The highest BCUT2D eigenvalue weighted by Gasteiger charge is 2.21. The average Bonchev–Trinajstić information content (AvgIpc) is 3.30. The quantitative estimate of drug-likeness (QED) is 0.230. The van der Waals surface area contributed by atoms with Gasteiger partial charge in [-0.1, -0.05) is 107 Å². The fourth-order valence-corrected chi connectivity index (χ4v) is 5.27. The van der Waals surface area contributed by atoms with E-state index in [2.05, 4.69) is 101 Å². The molecule has 0 unspecified atom stereocenters. The van der Waals surface area contributed by atoms with E-state index in [0.717, 1.165) is 60.0 Å². The van der Waals surface area contributed by atoms with E-state index in [4.69, 9.17) is 14.4 Å². The minimum atomic E-state index is 0.539. The van der Waals surface area contributed by atoms with Crippen molar-refractivity contribution in [2.45, 2.75) is 0 Å². The molecule has 5 aromatic carbocycles. The molecule has 0 aliphatic heterocycles. The summed E-state index contributed by atoms with van der Waals surface area (Å²) < 4.78 is 7.19. The lowest BCUT2D eigenvalue weighted by molar-refractivity contribution is 0.653. The Bertz CT molecular complexity index is 1900. The van der Waals surface area contributed by atoms with Crippen LogP contribution in [-0.4, -0.2) is 9.97 Å². The molecule has 0 bridgehead atoms. The lowest BCUT2D eigenvalue weighted by atomic mass is 9.93. The predicted octanol–water partition coefficient (Wildman–Crippen LogP) is 9.29. The second kappa shape index (κ2) is 8.43. The molecular formula is C32H19BrN2O. The number of hydrogen-bond donors (Lipinski definition) is 0. The number of nitrogens with zero attached hydrogens (tertiary/aromatic N) is 2. The maximum Gasteiger partial charge on any atom is 0.246 e. The van der Waals surface area contributed by atoms with E-state index in [-0.39, 0.29) is 0 Å². The summed E-state index contributed by atoms with van der Waals surface area (Å²) in [6, 6.07) is 39.4. The maximum absolute atomic E-state index is 6.18. The molecular weight excluding hydrogens is 508 g/mol. The molecule has 0 amide bonds. The molecule has 2 heterocycles. The van der Waals surface area contributed by atoms with E-state index < -0.39 is 0 Å². The second-order valence-electron chi connectivity index (χ2n) is 8.76. The first kappa shape index (κ1) is 21.0. The van der Waals surface area contributed by atoms with E-state index >= 15 is 0 Å². The molecule has 7 rings (SSSR count). The van der Waals surface area contributed by atoms with Crippen molar-refractivity contribution in [3.8, 4) is 33.6 Å². The van der Waals surface area contributed by atoms with Gasteiger partial charge in [0.1, 0.15) is 16.8 Å². The van der Waals surface area contributed by atoms with Crippen LogP contribution in [0.3, 0.4) is 0 Å². The summed E-state index contributed by atoms with van der Waals surface area (Å²) in [4.78, 5) is 10.4.